The van der Waals surface area contributed by atoms with Crippen molar-refractivity contribution in [3.63, 3.8) is 0 Å². The molecule has 0 bridgehead atoms. The summed E-state index contributed by atoms with van der Waals surface area (Å²) in [5, 5.41) is 2.95. The van der Waals surface area contributed by atoms with E-state index in [0.717, 1.165) is 25.0 Å². The molecule has 1 aliphatic rings. The molecule has 1 N–H and O–H groups in total. The van der Waals surface area contributed by atoms with Gasteiger partial charge in [0.1, 0.15) is 0 Å². The Bertz CT molecular complexity index is 644. The fourth-order valence-corrected chi connectivity index (χ4v) is 4.47. The molecule has 134 valence electrons. The minimum absolute atomic E-state index is 0.0244. The molecule has 0 aromatic heterocycles. The third kappa shape index (κ3) is 6.11. The molecule has 24 heavy (non-hydrogen) atoms. The molecular formula is C17H26N2O3S2. The first kappa shape index (κ1) is 19.3. The van der Waals surface area contributed by atoms with Crippen molar-refractivity contribution in [3.8, 4) is 0 Å². The molecule has 1 aliphatic heterocycles. The fourth-order valence-electron chi connectivity index (χ4n) is 2.71. The minimum atomic E-state index is -3.21. The maximum atomic E-state index is 12.2. The Balaban J connectivity index is 1.66. The third-order valence-electron chi connectivity index (χ3n) is 4.13. The van der Waals surface area contributed by atoms with Crippen LogP contribution in [0, 0.1) is 12.8 Å². The Morgan fingerprint density at radius 2 is 2.04 bits per heavy atom. The van der Waals surface area contributed by atoms with Crippen LogP contribution in [0.2, 0.25) is 0 Å². The molecule has 0 radical (unpaired) electrons. The van der Waals surface area contributed by atoms with Gasteiger partial charge in [0, 0.05) is 24.5 Å². The van der Waals surface area contributed by atoms with Crippen LogP contribution >= 0.6 is 11.8 Å². The molecule has 7 heteroatoms. The molecule has 2 rings (SSSR count). The van der Waals surface area contributed by atoms with Crippen LogP contribution in [0.15, 0.2) is 29.2 Å². The molecular weight excluding hydrogens is 344 g/mol. The SMILES string of the molecule is Cc1ccc(SCCCNC(=O)[C@@H]2CCCN(S(C)(=O)=O)C2)cc1. The number of hydrogen-bond donors (Lipinski definition) is 1. The van der Waals surface area contributed by atoms with Crippen LogP contribution in [0.5, 0.6) is 0 Å². The summed E-state index contributed by atoms with van der Waals surface area (Å²) < 4.78 is 24.6. The molecule has 5 nitrogen and oxygen atoms in total. The number of carbonyl (C=O) groups excluding carboxylic acids is 1. The molecule has 1 heterocycles. The summed E-state index contributed by atoms with van der Waals surface area (Å²) in [6, 6.07) is 8.42. The zero-order valence-corrected chi connectivity index (χ0v) is 16.0. The lowest BCUT2D eigenvalue weighted by Gasteiger charge is -2.30. The lowest BCUT2D eigenvalue weighted by atomic mass is 9.99. The second kappa shape index (κ2) is 8.87. The number of aryl methyl sites for hydroxylation is 1. The topological polar surface area (TPSA) is 66.5 Å². The van der Waals surface area contributed by atoms with Crippen LogP contribution in [-0.2, 0) is 14.8 Å². The number of carbonyl (C=O) groups is 1. The highest BCUT2D eigenvalue weighted by atomic mass is 32.2. The van der Waals surface area contributed by atoms with E-state index >= 15 is 0 Å². The van der Waals surface area contributed by atoms with Crippen molar-refractivity contribution in [2.45, 2.75) is 31.1 Å². The zero-order valence-electron chi connectivity index (χ0n) is 14.3. The summed E-state index contributed by atoms with van der Waals surface area (Å²) in [4.78, 5) is 13.4. The average Bonchev–Trinajstić information content (AvgIpc) is 2.55. The summed E-state index contributed by atoms with van der Waals surface area (Å²) in [7, 11) is -3.21. The van der Waals surface area contributed by atoms with Gasteiger partial charge in [-0.3, -0.25) is 4.79 Å². The Kier molecular flexibility index (Phi) is 7.13. The van der Waals surface area contributed by atoms with Crippen molar-refractivity contribution in [1.82, 2.24) is 9.62 Å². The summed E-state index contributed by atoms with van der Waals surface area (Å²) in [5.74, 6) is 0.700. The highest BCUT2D eigenvalue weighted by Crippen LogP contribution is 2.20. The average molecular weight is 371 g/mol. The van der Waals surface area contributed by atoms with Gasteiger partial charge in [0.2, 0.25) is 15.9 Å². The normalized spacial score (nSPS) is 19.2. The number of thioether (sulfide) groups is 1. The predicted octanol–water partition coefficient (Wildman–Crippen LogP) is 2.27. The Labute approximate surface area is 149 Å². The van der Waals surface area contributed by atoms with Gasteiger partial charge >= 0.3 is 0 Å². The van der Waals surface area contributed by atoms with E-state index in [1.807, 2.05) is 0 Å². The molecule has 1 amide bonds. The van der Waals surface area contributed by atoms with Crippen molar-refractivity contribution in [2.24, 2.45) is 5.92 Å². The Morgan fingerprint density at radius 1 is 1.33 bits per heavy atom. The van der Waals surface area contributed by atoms with E-state index in [2.05, 4.69) is 36.5 Å². The molecule has 0 aliphatic carbocycles. The molecule has 0 spiro atoms. The minimum Gasteiger partial charge on any atom is -0.356 e. The summed E-state index contributed by atoms with van der Waals surface area (Å²) >= 11 is 1.78. The summed E-state index contributed by atoms with van der Waals surface area (Å²) in [5.41, 5.74) is 1.25. The van der Waals surface area contributed by atoms with Gasteiger partial charge in [0.25, 0.3) is 0 Å². The number of hydrogen-bond acceptors (Lipinski definition) is 4. The Hall–Kier alpha value is -1.05. The van der Waals surface area contributed by atoms with Crippen LogP contribution in [-0.4, -0.2) is 50.3 Å². The first-order valence-corrected chi connectivity index (χ1v) is 11.1. The van der Waals surface area contributed by atoms with Gasteiger partial charge in [0.15, 0.2) is 0 Å². The van der Waals surface area contributed by atoms with Crippen molar-refractivity contribution < 1.29 is 13.2 Å². The lowest BCUT2D eigenvalue weighted by molar-refractivity contribution is -0.126. The molecule has 0 unspecified atom stereocenters. The maximum Gasteiger partial charge on any atom is 0.224 e. The number of nitrogens with zero attached hydrogens (tertiary/aromatic N) is 1. The number of sulfonamides is 1. The summed E-state index contributed by atoms with van der Waals surface area (Å²) in [6.45, 7) is 3.53. The standard InChI is InChI=1S/C17H26N2O3S2/c1-14-6-8-16(9-7-14)23-12-4-10-18-17(20)15-5-3-11-19(13-15)24(2,21)22/h6-9,15H,3-5,10-13H2,1-2H3,(H,18,20)/t15-/m1/s1. The van der Waals surface area contributed by atoms with Crippen molar-refractivity contribution in [1.29, 1.82) is 0 Å². The van der Waals surface area contributed by atoms with Gasteiger partial charge in [-0.15, -0.1) is 11.8 Å². The fraction of sp³-hybridized carbons (Fsp3) is 0.588. The van der Waals surface area contributed by atoms with E-state index in [1.165, 1.54) is 21.0 Å². The molecule has 1 aromatic rings. The number of rotatable bonds is 7. The second-order valence-electron chi connectivity index (χ2n) is 6.27. The van der Waals surface area contributed by atoms with Gasteiger partial charge in [-0.1, -0.05) is 17.7 Å². The highest BCUT2D eigenvalue weighted by molar-refractivity contribution is 7.99. The monoisotopic (exact) mass is 370 g/mol. The van der Waals surface area contributed by atoms with E-state index in [0.29, 0.717) is 19.6 Å². The van der Waals surface area contributed by atoms with E-state index < -0.39 is 10.0 Å². The number of piperidine rings is 1. The highest BCUT2D eigenvalue weighted by Gasteiger charge is 2.29. The van der Waals surface area contributed by atoms with Crippen molar-refractivity contribution in [2.75, 3.05) is 31.6 Å². The molecule has 1 aromatic carbocycles. The van der Waals surface area contributed by atoms with Gasteiger partial charge in [-0.05, 0) is 44.1 Å². The molecule has 1 saturated heterocycles. The number of amides is 1. The van der Waals surface area contributed by atoms with Crippen molar-refractivity contribution >= 4 is 27.7 Å². The number of benzene rings is 1. The molecule has 1 fully saturated rings. The molecule has 0 saturated carbocycles. The van der Waals surface area contributed by atoms with Gasteiger partial charge < -0.3 is 5.32 Å². The first-order chi connectivity index (χ1) is 11.4. The summed E-state index contributed by atoms with van der Waals surface area (Å²) in [6.07, 6.45) is 3.60. The van der Waals surface area contributed by atoms with Gasteiger partial charge in [0.05, 0.1) is 12.2 Å². The Morgan fingerprint density at radius 3 is 2.71 bits per heavy atom. The smallest absolute Gasteiger partial charge is 0.224 e. The third-order valence-corrected chi connectivity index (χ3v) is 6.50. The predicted molar refractivity (Wildman–Crippen MR) is 98.7 cm³/mol. The largest absolute Gasteiger partial charge is 0.356 e. The zero-order chi connectivity index (χ0) is 17.6. The maximum absolute atomic E-state index is 12.2. The van der Waals surface area contributed by atoms with Crippen molar-refractivity contribution in [3.05, 3.63) is 29.8 Å². The van der Waals surface area contributed by atoms with Crippen LogP contribution in [0.4, 0.5) is 0 Å². The van der Waals surface area contributed by atoms with Crippen LogP contribution < -0.4 is 5.32 Å². The van der Waals surface area contributed by atoms with Crippen LogP contribution in [0.3, 0.4) is 0 Å². The van der Waals surface area contributed by atoms with E-state index in [1.54, 1.807) is 11.8 Å². The van der Waals surface area contributed by atoms with Crippen LogP contribution in [0.25, 0.3) is 0 Å². The van der Waals surface area contributed by atoms with Crippen LogP contribution in [0.1, 0.15) is 24.8 Å². The van der Waals surface area contributed by atoms with E-state index in [4.69, 9.17) is 0 Å². The van der Waals surface area contributed by atoms with Gasteiger partial charge in [-0.25, -0.2) is 12.7 Å². The van der Waals surface area contributed by atoms with E-state index in [-0.39, 0.29) is 11.8 Å². The van der Waals surface area contributed by atoms with Gasteiger partial charge in [-0.2, -0.15) is 0 Å². The first-order valence-electron chi connectivity index (χ1n) is 8.28. The number of nitrogens with one attached hydrogen (secondary N) is 1. The van der Waals surface area contributed by atoms with E-state index in [9.17, 15) is 13.2 Å². The molecule has 1 atom stereocenters. The quantitative estimate of drug-likeness (QED) is 0.591. The second-order valence-corrected chi connectivity index (χ2v) is 9.42. The lowest BCUT2D eigenvalue weighted by Crippen LogP contribution is -2.45.